The zero-order valence-electron chi connectivity index (χ0n) is 11.8. The van der Waals surface area contributed by atoms with Crippen LogP contribution in [0.4, 0.5) is 8.78 Å². The van der Waals surface area contributed by atoms with Gasteiger partial charge in [0.05, 0.1) is 0 Å². The van der Waals surface area contributed by atoms with E-state index in [4.69, 9.17) is 0 Å². The fourth-order valence-corrected chi connectivity index (χ4v) is 2.34. The van der Waals surface area contributed by atoms with E-state index in [9.17, 15) is 18.8 Å². The highest BCUT2D eigenvalue weighted by Crippen LogP contribution is 2.22. The molecule has 0 bridgehead atoms. The van der Waals surface area contributed by atoms with Crippen LogP contribution >= 0.6 is 0 Å². The Morgan fingerprint density at radius 3 is 2.65 bits per heavy atom. The highest BCUT2D eigenvalue weighted by Gasteiger charge is 2.17. The monoisotopic (exact) mass is 308 g/mol. The van der Waals surface area contributed by atoms with Crippen molar-refractivity contribution in [2.45, 2.75) is 0 Å². The van der Waals surface area contributed by atoms with Gasteiger partial charge in [-0.05, 0) is 42.0 Å². The Balaban J connectivity index is 2.04. The Bertz CT molecular complexity index is 980. The van der Waals surface area contributed by atoms with Gasteiger partial charge in [-0.1, -0.05) is 12.1 Å². The van der Waals surface area contributed by atoms with E-state index < -0.39 is 17.4 Å². The lowest BCUT2D eigenvalue weighted by Crippen LogP contribution is -2.01. The number of aromatic nitrogens is 1. The molecule has 112 valence electrons. The second kappa shape index (κ2) is 5.85. The molecule has 0 fully saturated rings. The predicted octanol–water partition coefficient (Wildman–Crippen LogP) is 4.24. The van der Waals surface area contributed by atoms with Crippen LogP contribution in [0.25, 0.3) is 17.0 Å². The SMILES string of the molecule is N#C/C(=C\c1cccc(F)c1)C(=O)c1c[nH]c2cc(F)ccc12. The molecule has 3 nitrogen and oxygen atoms in total. The van der Waals surface area contributed by atoms with Gasteiger partial charge >= 0.3 is 0 Å². The fourth-order valence-electron chi connectivity index (χ4n) is 2.34. The minimum atomic E-state index is -0.505. The van der Waals surface area contributed by atoms with Crippen molar-refractivity contribution < 1.29 is 13.6 Å². The molecule has 0 radical (unpaired) electrons. The Morgan fingerprint density at radius 1 is 1.13 bits per heavy atom. The first-order valence-corrected chi connectivity index (χ1v) is 6.77. The molecule has 1 heterocycles. The zero-order chi connectivity index (χ0) is 16.4. The fraction of sp³-hybridized carbons (Fsp3) is 0. The zero-order valence-corrected chi connectivity index (χ0v) is 11.8. The number of nitriles is 1. The molecule has 1 N–H and O–H groups in total. The van der Waals surface area contributed by atoms with Crippen LogP contribution in [0, 0.1) is 23.0 Å². The average molecular weight is 308 g/mol. The lowest BCUT2D eigenvalue weighted by molar-refractivity contribution is 0.104. The van der Waals surface area contributed by atoms with Crippen molar-refractivity contribution in [2.75, 3.05) is 0 Å². The molecule has 0 unspecified atom stereocenters. The number of nitrogens with one attached hydrogen (secondary N) is 1. The normalized spacial score (nSPS) is 11.4. The molecule has 2 aromatic carbocycles. The van der Waals surface area contributed by atoms with Crippen molar-refractivity contribution in [1.29, 1.82) is 5.26 Å². The largest absolute Gasteiger partial charge is 0.360 e. The molecular weight excluding hydrogens is 298 g/mol. The van der Waals surface area contributed by atoms with Gasteiger partial charge in [0.2, 0.25) is 5.78 Å². The van der Waals surface area contributed by atoms with Crippen molar-refractivity contribution in [3.63, 3.8) is 0 Å². The van der Waals surface area contributed by atoms with Gasteiger partial charge in [-0.3, -0.25) is 4.79 Å². The summed E-state index contributed by atoms with van der Waals surface area (Å²) in [6, 6.07) is 11.4. The van der Waals surface area contributed by atoms with Gasteiger partial charge < -0.3 is 4.98 Å². The minimum Gasteiger partial charge on any atom is -0.360 e. The van der Waals surface area contributed by atoms with Crippen molar-refractivity contribution in [3.8, 4) is 6.07 Å². The number of H-pyrrole nitrogens is 1. The third kappa shape index (κ3) is 2.87. The first-order chi connectivity index (χ1) is 11.1. The molecule has 0 spiro atoms. The third-order valence-electron chi connectivity index (χ3n) is 3.41. The van der Waals surface area contributed by atoms with Crippen LogP contribution in [-0.4, -0.2) is 10.8 Å². The van der Waals surface area contributed by atoms with E-state index in [0.717, 1.165) is 0 Å². The van der Waals surface area contributed by atoms with Crippen LogP contribution in [0.2, 0.25) is 0 Å². The van der Waals surface area contributed by atoms with E-state index in [-0.39, 0.29) is 11.1 Å². The summed E-state index contributed by atoms with van der Waals surface area (Å²) in [5.74, 6) is -1.38. The van der Waals surface area contributed by atoms with Gasteiger partial charge in [0.15, 0.2) is 0 Å². The first kappa shape index (κ1) is 14.7. The molecule has 3 rings (SSSR count). The number of fused-ring (bicyclic) bond motifs is 1. The number of allylic oxidation sites excluding steroid dienone is 1. The number of rotatable bonds is 3. The van der Waals surface area contributed by atoms with Crippen LogP contribution in [0.15, 0.2) is 54.2 Å². The maximum absolute atomic E-state index is 13.2. The first-order valence-electron chi connectivity index (χ1n) is 6.77. The maximum Gasteiger partial charge on any atom is 0.205 e. The molecule has 0 atom stereocenters. The second-order valence-corrected chi connectivity index (χ2v) is 4.95. The van der Waals surface area contributed by atoms with Gasteiger partial charge in [0, 0.05) is 22.7 Å². The number of carbonyl (C=O) groups excluding carboxylic acids is 1. The summed E-state index contributed by atoms with van der Waals surface area (Å²) in [5, 5.41) is 9.76. The number of ketones is 1. The molecule has 23 heavy (non-hydrogen) atoms. The maximum atomic E-state index is 13.2. The smallest absolute Gasteiger partial charge is 0.205 e. The van der Waals surface area contributed by atoms with Crippen molar-refractivity contribution in [3.05, 3.63) is 77.0 Å². The van der Waals surface area contributed by atoms with E-state index >= 15 is 0 Å². The number of halogens is 2. The molecule has 0 aliphatic carbocycles. The highest BCUT2D eigenvalue weighted by atomic mass is 19.1. The quantitative estimate of drug-likeness (QED) is 0.447. The highest BCUT2D eigenvalue weighted by molar-refractivity contribution is 6.19. The molecule has 3 aromatic rings. The summed E-state index contributed by atoms with van der Waals surface area (Å²) in [7, 11) is 0. The van der Waals surface area contributed by atoms with E-state index in [1.54, 1.807) is 6.07 Å². The molecule has 5 heteroatoms. The minimum absolute atomic E-state index is 0.124. The predicted molar refractivity (Wildman–Crippen MR) is 82.6 cm³/mol. The van der Waals surface area contributed by atoms with E-state index in [1.165, 1.54) is 48.7 Å². The lowest BCUT2D eigenvalue weighted by atomic mass is 10.0. The number of hydrogen-bond acceptors (Lipinski definition) is 2. The van der Waals surface area contributed by atoms with Crippen molar-refractivity contribution >= 4 is 22.8 Å². The van der Waals surface area contributed by atoms with E-state index in [0.29, 0.717) is 16.5 Å². The number of aromatic amines is 1. The Morgan fingerprint density at radius 2 is 1.91 bits per heavy atom. The van der Waals surface area contributed by atoms with Crippen LogP contribution in [0.5, 0.6) is 0 Å². The molecule has 0 aliphatic heterocycles. The number of nitrogens with zero attached hydrogens (tertiary/aromatic N) is 1. The molecule has 0 saturated carbocycles. The van der Waals surface area contributed by atoms with Crippen molar-refractivity contribution in [2.24, 2.45) is 0 Å². The summed E-state index contributed by atoms with van der Waals surface area (Å²) in [4.78, 5) is 15.3. The summed E-state index contributed by atoms with van der Waals surface area (Å²) in [6.45, 7) is 0. The molecular formula is C18H10F2N2O. The van der Waals surface area contributed by atoms with Gasteiger partial charge in [-0.2, -0.15) is 5.26 Å². The van der Waals surface area contributed by atoms with E-state index in [1.807, 2.05) is 6.07 Å². The lowest BCUT2D eigenvalue weighted by Gasteiger charge is -1.99. The molecule has 0 aliphatic rings. The summed E-state index contributed by atoms with van der Waals surface area (Å²) >= 11 is 0. The summed E-state index contributed by atoms with van der Waals surface area (Å²) < 4.78 is 26.4. The second-order valence-electron chi connectivity index (χ2n) is 4.95. The van der Waals surface area contributed by atoms with Gasteiger partial charge in [-0.25, -0.2) is 8.78 Å². The Labute approximate surface area is 130 Å². The number of benzene rings is 2. The van der Waals surface area contributed by atoms with Crippen LogP contribution < -0.4 is 0 Å². The van der Waals surface area contributed by atoms with Gasteiger partial charge in [-0.15, -0.1) is 0 Å². The van der Waals surface area contributed by atoms with Crippen LogP contribution in [0.1, 0.15) is 15.9 Å². The summed E-state index contributed by atoms with van der Waals surface area (Å²) in [6.07, 6.45) is 2.76. The van der Waals surface area contributed by atoms with E-state index in [2.05, 4.69) is 4.98 Å². The van der Waals surface area contributed by atoms with Crippen LogP contribution in [-0.2, 0) is 0 Å². The Hall–Kier alpha value is -3.26. The standard InChI is InChI=1S/C18H10F2N2O/c19-13-3-1-2-11(7-13)6-12(9-21)18(23)16-10-22-17-8-14(20)4-5-15(16)17/h1-8,10,22H/b12-6+. The topological polar surface area (TPSA) is 56.6 Å². The van der Waals surface area contributed by atoms with Gasteiger partial charge in [0.1, 0.15) is 23.3 Å². The Kier molecular flexibility index (Phi) is 3.73. The molecule has 0 amide bonds. The summed E-state index contributed by atoms with van der Waals surface area (Å²) in [5.41, 5.74) is 1.03. The van der Waals surface area contributed by atoms with Crippen LogP contribution in [0.3, 0.4) is 0 Å². The number of Topliss-reactive ketones (excluding diaryl/α,β-unsaturated/α-hetero) is 1. The molecule has 1 aromatic heterocycles. The van der Waals surface area contributed by atoms with Crippen molar-refractivity contribution in [1.82, 2.24) is 4.98 Å². The third-order valence-corrected chi connectivity index (χ3v) is 3.41. The molecule has 0 saturated heterocycles. The van der Waals surface area contributed by atoms with Gasteiger partial charge in [0.25, 0.3) is 0 Å². The average Bonchev–Trinajstić information content (AvgIpc) is 2.95. The number of hydrogen-bond donors (Lipinski definition) is 1. The number of carbonyl (C=O) groups is 1.